The number of carbonyl (C=O) groups excluding carboxylic acids is 2. The Labute approximate surface area is 199 Å². The van der Waals surface area contributed by atoms with Gasteiger partial charge >= 0.3 is 6.03 Å². The zero-order chi connectivity index (χ0) is 23.9. The zero-order valence-corrected chi connectivity index (χ0v) is 19.0. The van der Waals surface area contributed by atoms with Crippen LogP contribution in [0.4, 0.5) is 16.2 Å². The van der Waals surface area contributed by atoms with Crippen molar-refractivity contribution in [2.75, 3.05) is 30.4 Å². The van der Waals surface area contributed by atoms with Crippen LogP contribution in [0.1, 0.15) is 23.1 Å². The number of rotatable bonds is 7. The maximum Gasteiger partial charge on any atom is 0.324 e. The molecule has 3 amide bonds. The minimum atomic E-state index is -0.148. The van der Waals surface area contributed by atoms with E-state index >= 15 is 0 Å². The van der Waals surface area contributed by atoms with E-state index in [2.05, 4.69) is 11.4 Å². The molecule has 0 radical (unpaired) electrons. The maximum atomic E-state index is 13.2. The lowest BCUT2D eigenvalue weighted by Crippen LogP contribution is -2.49. The highest BCUT2D eigenvalue weighted by Gasteiger charge is 2.27. The number of benzene rings is 3. The number of nitrogens with one attached hydrogen (secondary N) is 1. The second-order valence-electron chi connectivity index (χ2n) is 8.11. The monoisotopic (exact) mass is 454 g/mol. The predicted octanol–water partition coefficient (Wildman–Crippen LogP) is 4.58. The van der Waals surface area contributed by atoms with Gasteiger partial charge in [-0.15, -0.1) is 0 Å². The molecule has 1 aliphatic rings. The van der Waals surface area contributed by atoms with E-state index in [-0.39, 0.29) is 18.4 Å². The number of hydrogen-bond acceptors (Lipinski definition) is 4. The molecule has 0 saturated carbocycles. The van der Waals surface area contributed by atoms with Crippen LogP contribution in [0.2, 0.25) is 0 Å². The van der Waals surface area contributed by atoms with E-state index < -0.39 is 0 Å². The summed E-state index contributed by atoms with van der Waals surface area (Å²) in [4.78, 5) is 29.3. The van der Waals surface area contributed by atoms with Crippen LogP contribution in [0.15, 0.2) is 72.8 Å². The lowest BCUT2D eigenvalue weighted by atomic mass is 10.1. The molecule has 4 rings (SSSR count). The molecule has 1 aliphatic heterocycles. The number of ether oxygens (including phenoxy) is 1. The zero-order valence-electron chi connectivity index (χ0n) is 19.0. The molecular weight excluding hydrogens is 428 g/mol. The normalized spacial score (nSPS) is 13.4. The number of nitrogens with zero attached hydrogens (tertiary/aromatic N) is 3. The molecule has 0 unspecified atom stereocenters. The van der Waals surface area contributed by atoms with Crippen LogP contribution in [0.25, 0.3) is 0 Å². The second-order valence-corrected chi connectivity index (χ2v) is 8.11. The summed E-state index contributed by atoms with van der Waals surface area (Å²) in [6.07, 6.45) is 1.03. The van der Waals surface area contributed by atoms with Gasteiger partial charge in [-0.25, -0.2) is 4.79 Å². The van der Waals surface area contributed by atoms with Gasteiger partial charge in [0.15, 0.2) is 0 Å². The standard InChI is InChI=1S/C27H26N4O3/c1-34-25-12-4-7-20(15-25)16-26(32)29-23-10-5-11-24(17-23)31-14-6-13-30(27(31)33)19-22-9-3-2-8-21(22)18-28/h2-5,7-12,15,17H,6,13-14,16,19H2,1H3,(H,29,32). The third kappa shape index (κ3) is 5.36. The molecule has 0 spiro atoms. The van der Waals surface area contributed by atoms with Gasteiger partial charge in [0.2, 0.25) is 5.91 Å². The number of nitriles is 1. The quantitative estimate of drug-likeness (QED) is 0.566. The number of methoxy groups -OCH3 is 1. The van der Waals surface area contributed by atoms with Crippen LogP contribution in [0.5, 0.6) is 5.75 Å². The average molecular weight is 455 g/mol. The first-order valence-electron chi connectivity index (χ1n) is 11.1. The number of hydrogen-bond donors (Lipinski definition) is 1. The van der Waals surface area contributed by atoms with Gasteiger partial charge in [-0.1, -0.05) is 36.4 Å². The molecule has 0 bridgehead atoms. The van der Waals surface area contributed by atoms with Gasteiger partial charge in [-0.3, -0.25) is 9.69 Å². The summed E-state index contributed by atoms with van der Waals surface area (Å²) >= 11 is 0. The Morgan fingerprint density at radius 2 is 1.88 bits per heavy atom. The van der Waals surface area contributed by atoms with Crippen LogP contribution in [0.3, 0.4) is 0 Å². The second kappa shape index (κ2) is 10.5. The summed E-state index contributed by atoms with van der Waals surface area (Å²) in [7, 11) is 1.59. The van der Waals surface area contributed by atoms with Gasteiger partial charge in [-0.2, -0.15) is 5.26 Å². The van der Waals surface area contributed by atoms with Crippen molar-refractivity contribution in [2.24, 2.45) is 0 Å². The smallest absolute Gasteiger partial charge is 0.324 e. The van der Waals surface area contributed by atoms with Crippen molar-refractivity contribution in [1.82, 2.24) is 4.90 Å². The summed E-state index contributed by atoms with van der Waals surface area (Å²) in [6.45, 7) is 1.61. The van der Waals surface area contributed by atoms with Gasteiger partial charge < -0.3 is 15.0 Å². The number of carbonyl (C=O) groups is 2. The predicted molar refractivity (Wildman–Crippen MR) is 131 cm³/mol. The minimum absolute atomic E-state index is 0.112. The van der Waals surface area contributed by atoms with Gasteiger partial charge in [0.1, 0.15) is 5.75 Å². The fourth-order valence-corrected chi connectivity index (χ4v) is 4.07. The van der Waals surface area contributed by atoms with Crippen LogP contribution in [0, 0.1) is 11.3 Å². The first-order valence-corrected chi connectivity index (χ1v) is 11.1. The van der Waals surface area contributed by atoms with E-state index in [0.29, 0.717) is 36.6 Å². The van der Waals surface area contributed by atoms with Crippen molar-refractivity contribution in [3.05, 3.63) is 89.5 Å². The van der Waals surface area contributed by atoms with E-state index in [1.807, 2.05) is 66.7 Å². The molecule has 1 saturated heterocycles. The van der Waals surface area contributed by atoms with Gasteiger partial charge in [-0.05, 0) is 53.9 Å². The Bertz CT molecular complexity index is 1230. The molecule has 34 heavy (non-hydrogen) atoms. The third-order valence-corrected chi connectivity index (χ3v) is 5.75. The molecule has 3 aromatic carbocycles. The summed E-state index contributed by atoms with van der Waals surface area (Å²) < 4.78 is 5.22. The molecule has 3 aromatic rings. The van der Waals surface area contributed by atoms with E-state index in [1.165, 1.54) is 0 Å². The fourth-order valence-electron chi connectivity index (χ4n) is 4.07. The summed E-state index contributed by atoms with van der Waals surface area (Å²) in [5, 5.41) is 12.3. The molecule has 7 nitrogen and oxygen atoms in total. The van der Waals surface area contributed by atoms with Crippen LogP contribution < -0.4 is 15.0 Å². The summed E-state index contributed by atoms with van der Waals surface area (Å²) in [5.41, 5.74) is 3.62. The fraction of sp³-hybridized carbons (Fsp3) is 0.222. The van der Waals surface area contributed by atoms with Gasteiger partial charge in [0.25, 0.3) is 0 Å². The van der Waals surface area contributed by atoms with E-state index in [0.717, 1.165) is 23.2 Å². The van der Waals surface area contributed by atoms with Crippen LogP contribution >= 0.6 is 0 Å². The van der Waals surface area contributed by atoms with Crippen molar-refractivity contribution in [2.45, 2.75) is 19.4 Å². The summed E-state index contributed by atoms with van der Waals surface area (Å²) in [6, 6.07) is 24.1. The van der Waals surface area contributed by atoms with Crippen molar-refractivity contribution in [3.63, 3.8) is 0 Å². The first-order chi connectivity index (χ1) is 16.6. The minimum Gasteiger partial charge on any atom is -0.497 e. The Morgan fingerprint density at radius 3 is 2.71 bits per heavy atom. The highest BCUT2D eigenvalue weighted by atomic mass is 16.5. The number of anilines is 2. The molecule has 0 aromatic heterocycles. The largest absolute Gasteiger partial charge is 0.497 e. The van der Waals surface area contributed by atoms with E-state index in [1.54, 1.807) is 23.0 Å². The summed E-state index contributed by atoms with van der Waals surface area (Å²) in [5.74, 6) is 0.558. The van der Waals surface area contributed by atoms with Gasteiger partial charge in [0.05, 0.1) is 25.2 Å². The first kappa shape index (κ1) is 22.9. The SMILES string of the molecule is COc1cccc(CC(=O)Nc2cccc(N3CCCN(Cc4ccccc4C#N)C3=O)c2)c1. The third-order valence-electron chi connectivity index (χ3n) is 5.75. The molecular formula is C27H26N4O3. The van der Waals surface area contributed by atoms with Crippen molar-refractivity contribution in [3.8, 4) is 11.8 Å². The van der Waals surface area contributed by atoms with E-state index in [4.69, 9.17) is 4.74 Å². The molecule has 7 heteroatoms. The number of urea groups is 1. The topological polar surface area (TPSA) is 85.7 Å². The average Bonchev–Trinajstić information content (AvgIpc) is 2.86. The molecule has 1 heterocycles. The highest BCUT2D eigenvalue weighted by molar-refractivity contribution is 5.96. The van der Waals surface area contributed by atoms with Gasteiger partial charge in [0, 0.05) is 31.0 Å². The number of amides is 3. The Morgan fingerprint density at radius 1 is 1.06 bits per heavy atom. The highest BCUT2D eigenvalue weighted by Crippen LogP contribution is 2.25. The lowest BCUT2D eigenvalue weighted by Gasteiger charge is -2.36. The maximum absolute atomic E-state index is 13.2. The van der Waals surface area contributed by atoms with E-state index in [9.17, 15) is 14.9 Å². The van der Waals surface area contributed by atoms with Crippen molar-refractivity contribution < 1.29 is 14.3 Å². The van der Waals surface area contributed by atoms with Crippen LogP contribution in [-0.2, 0) is 17.8 Å². The Kier molecular flexibility index (Phi) is 7.09. The Balaban J connectivity index is 1.44. The Hall–Kier alpha value is -4.31. The lowest BCUT2D eigenvalue weighted by molar-refractivity contribution is -0.115. The molecule has 0 aliphatic carbocycles. The van der Waals surface area contributed by atoms with Crippen molar-refractivity contribution in [1.29, 1.82) is 5.26 Å². The van der Waals surface area contributed by atoms with Crippen molar-refractivity contribution >= 4 is 23.3 Å². The molecule has 1 fully saturated rings. The molecule has 0 atom stereocenters. The molecule has 1 N–H and O–H groups in total. The van der Waals surface area contributed by atoms with Crippen LogP contribution in [-0.4, -0.2) is 37.0 Å². The molecule has 172 valence electrons.